The van der Waals surface area contributed by atoms with Gasteiger partial charge in [0.25, 0.3) is 0 Å². The lowest BCUT2D eigenvalue weighted by atomic mass is 9.94. The molecule has 1 aromatic heterocycles. The van der Waals surface area contributed by atoms with Crippen molar-refractivity contribution in [3.63, 3.8) is 0 Å². The van der Waals surface area contributed by atoms with Gasteiger partial charge in [-0.1, -0.05) is 45.2 Å². The minimum atomic E-state index is -0.870. The van der Waals surface area contributed by atoms with E-state index >= 15 is 0 Å². The van der Waals surface area contributed by atoms with E-state index in [2.05, 4.69) is 18.4 Å². The van der Waals surface area contributed by atoms with Crippen LogP contribution in [0.5, 0.6) is 0 Å². The van der Waals surface area contributed by atoms with Crippen molar-refractivity contribution in [1.29, 1.82) is 0 Å². The summed E-state index contributed by atoms with van der Waals surface area (Å²) < 4.78 is 2.09. The van der Waals surface area contributed by atoms with Crippen molar-refractivity contribution in [3.8, 4) is 0 Å². The van der Waals surface area contributed by atoms with Gasteiger partial charge in [-0.25, -0.2) is 0 Å². The number of ketones is 1. The number of benzene rings is 1. The van der Waals surface area contributed by atoms with E-state index in [9.17, 15) is 9.59 Å². The van der Waals surface area contributed by atoms with Gasteiger partial charge in [0.05, 0.1) is 0 Å². The minimum Gasteiger partial charge on any atom is -0.481 e. The highest BCUT2D eigenvalue weighted by Crippen LogP contribution is 2.31. The largest absolute Gasteiger partial charge is 0.481 e. The first-order valence-electron chi connectivity index (χ1n) is 9.72. The van der Waals surface area contributed by atoms with Crippen LogP contribution in [0, 0.1) is 11.8 Å². The lowest BCUT2D eigenvalue weighted by molar-refractivity contribution is -0.137. The number of carbonyl (C=O) groups is 2. The van der Waals surface area contributed by atoms with Crippen molar-refractivity contribution < 1.29 is 14.7 Å². The predicted molar refractivity (Wildman–Crippen MR) is 111 cm³/mol. The Balaban J connectivity index is 2.35. The van der Waals surface area contributed by atoms with Gasteiger partial charge in [-0.2, -0.15) is 0 Å². The number of aromatic nitrogens is 1. The Morgan fingerprint density at radius 1 is 1.15 bits per heavy atom. The van der Waals surface area contributed by atoms with Crippen molar-refractivity contribution in [2.24, 2.45) is 18.9 Å². The number of hydrogen-bond acceptors (Lipinski definition) is 2. The number of hydrogen-bond donors (Lipinski definition) is 1. The summed E-state index contributed by atoms with van der Waals surface area (Å²) in [6, 6.07) is 5.64. The Labute approximate surface area is 166 Å². The van der Waals surface area contributed by atoms with Crippen LogP contribution in [-0.4, -0.2) is 21.4 Å². The molecule has 0 aliphatic heterocycles. The molecule has 0 radical (unpaired) electrons. The maximum atomic E-state index is 13.1. The summed E-state index contributed by atoms with van der Waals surface area (Å²) >= 11 is 6.19. The number of Topliss-reactive ketones (excluding diaryl/α,β-unsaturated/α-hetero) is 1. The number of rotatable bonds is 10. The van der Waals surface area contributed by atoms with E-state index in [4.69, 9.17) is 16.7 Å². The molecule has 0 aliphatic rings. The summed E-state index contributed by atoms with van der Waals surface area (Å²) in [6.45, 7) is 6.25. The highest BCUT2D eigenvalue weighted by molar-refractivity contribution is 6.31. The average molecular weight is 392 g/mol. The van der Waals surface area contributed by atoms with Crippen LogP contribution in [-0.2, 0) is 18.3 Å². The summed E-state index contributed by atoms with van der Waals surface area (Å²) in [4.78, 5) is 24.0. The number of carboxylic acids is 1. The number of unbranched alkanes of at least 4 members (excludes halogenated alkanes) is 1. The van der Waals surface area contributed by atoms with Gasteiger partial charge in [-0.15, -0.1) is 0 Å². The Hall–Kier alpha value is -1.81. The van der Waals surface area contributed by atoms with Gasteiger partial charge in [0, 0.05) is 47.1 Å². The molecule has 2 rings (SSSR count). The predicted octanol–water partition coefficient (Wildman–Crippen LogP) is 5.88. The zero-order valence-electron chi connectivity index (χ0n) is 16.7. The van der Waals surface area contributed by atoms with Crippen LogP contribution >= 0.6 is 11.6 Å². The summed E-state index contributed by atoms with van der Waals surface area (Å²) in [5, 5.41) is 10.5. The Bertz CT molecular complexity index is 823. The Morgan fingerprint density at radius 3 is 2.48 bits per heavy atom. The summed E-state index contributed by atoms with van der Waals surface area (Å²) in [5.74, 6) is -0.381. The molecule has 1 heterocycles. The molecule has 0 saturated heterocycles. The smallest absolute Gasteiger partial charge is 0.303 e. The Morgan fingerprint density at radius 2 is 1.85 bits per heavy atom. The summed E-state index contributed by atoms with van der Waals surface area (Å²) in [5.41, 5.74) is 2.74. The van der Waals surface area contributed by atoms with Gasteiger partial charge in [0.15, 0.2) is 5.78 Å². The van der Waals surface area contributed by atoms with E-state index < -0.39 is 5.97 Å². The molecule has 5 heteroatoms. The van der Waals surface area contributed by atoms with E-state index in [1.807, 2.05) is 32.2 Å². The van der Waals surface area contributed by atoms with Gasteiger partial charge in [0.1, 0.15) is 0 Å². The molecule has 27 heavy (non-hydrogen) atoms. The zero-order valence-corrected chi connectivity index (χ0v) is 17.5. The van der Waals surface area contributed by atoms with E-state index in [0.29, 0.717) is 10.9 Å². The number of aliphatic carboxylic acids is 1. The van der Waals surface area contributed by atoms with Crippen molar-refractivity contribution in [3.05, 3.63) is 34.5 Å². The molecule has 1 N–H and O–H groups in total. The summed E-state index contributed by atoms with van der Waals surface area (Å²) in [6.07, 6.45) is 4.40. The molecule has 0 amide bonds. The average Bonchev–Trinajstić information content (AvgIpc) is 2.82. The molecule has 0 saturated carbocycles. The van der Waals surface area contributed by atoms with E-state index in [1.54, 1.807) is 0 Å². The topological polar surface area (TPSA) is 59.3 Å². The normalized spacial score (nSPS) is 12.7. The maximum Gasteiger partial charge on any atom is 0.303 e. The van der Waals surface area contributed by atoms with Crippen molar-refractivity contribution in [1.82, 2.24) is 4.57 Å². The van der Waals surface area contributed by atoms with Gasteiger partial charge in [-0.05, 0) is 42.9 Å². The quantitative estimate of drug-likeness (QED) is 0.406. The number of carboxylic acid groups (broad SMARTS) is 1. The second kappa shape index (κ2) is 9.41. The molecule has 1 atom stereocenters. The molecule has 4 nitrogen and oxygen atoms in total. The molecule has 148 valence electrons. The van der Waals surface area contributed by atoms with Crippen LogP contribution < -0.4 is 0 Å². The van der Waals surface area contributed by atoms with E-state index in [1.165, 1.54) is 6.42 Å². The lowest BCUT2D eigenvalue weighted by Gasteiger charge is -2.11. The minimum absolute atomic E-state index is 0.000976. The molecular formula is C22H30ClNO3. The van der Waals surface area contributed by atoms with Crippen LogP contribution in [0.25, 0.3) is 10.9 Å². The van der Waals surface area contributed by atoms with E-state index in [0.717, 1.165) is 41.4 Å². The van der Waals surface area contributed by atoms with Crippen LogP contribution in [0.1, 0.15) is 68.9 Å². The summed E-state index contributed by atoms with van der Waals surface area (Å²) in [7, 11) is 1.99. The highest BCUT2D eigenvalue weighted by Gasteiger charge is 2.23. The second-order valence-electron chi connectivity index (χ2n) is 8.01. The van der Waals surface area contributed by atoms with Gasteiger partial charge in [-0.3, -0.25) is 9.59 Å². The van der Waals surface area contributed by atoms with Crippen LogP contribution in [0.3, 0.4) is 0 Å². The van der Waals surface area contributed by atoms with Crippen molar-refractivity contribution in [2.45, 2.75) is 59.3 Å². The fourth-order valence-corrected chi connectivity index (χ4v) is 3.88. The van der Waals surface area contributed by atoms with Gasteiger partial charge >= 0.3 is 5.97 Å². The molecule has 0 fully saturated rings. The lowest BCUT2D eigenvalue weighted by Crippen LogP contribution is -2.12. The fourth-order valence-electron chi connectivity index (χ4n) is 3.71. The highest BCUT2D eigenvalue weighted by atomic mass is 35.5. The molecular weight excluding hydrogens is 362 g/mol. The number of carbonyl (C=O) groups excluding carboxylic acids is 1. The van der Waals surface area contributed by atoms with Gasteiger partial charge < -0.3 is 9.67 Å². The maximum absolute atomic E-state index is 13.1. The first-order chi connectivity index (χ1) is 12.7. The number of aryl methyl sites for hydroxylation is 1. The molecule has 0 unspecified atom stereocenters. The van der Waals surface area contributed by atoms with E-state index in [-0.39, 0.29) is 24.5 Å². The number of fused-ring (bicyclic) bond motifs is 1. The van der Waals surface area contributed by atoms with Crippen LogP contribution in [0.2, 0.25) is 5.02 Å². The standard InChI is InChI=1S/C22H30ClNO3/c1-14(2)7-5-6-8-19-22(20(25)11-15(3)12-21(26)27)17-13-16(23)9-10-18(17)24(19)4/h9-10,13-15H,5-8,11-12H2,1-4H3,(H,26,27)/t15-/m0/s1. The SMILES string of the molecule is CC(C)CCCCc1c(C(=O)C[C@H](C)CC(=O)O)c2cc(Cl)ccc2n1C. The van der Waals surface area contributed by atoms with Crippen LogP contribution in [0.15, 0.2) is 18.2 Å². The monoisotopic (exact) mass is 391 g/mol. The fraction of sp³-hybridized carbons (Fsp3) is 0.545. The molecule has 0 bridgehead atoms. The van der Waals surface area contributed by atoms with Gasteiger partial charge in [0.2, 0.25) is 0 Å². The molecule has 1 aromatic carbocycles. The second-order valence-corrected chi connectivity index (χ2v) is 8.45. The molecule has 0 spiro atoms. The number of halogens is 1. The first-order valence-corrected chi connectivity index (χ1v) is 10.1. The zero-order chi connectivity index (χ0) is 20.1. The van der Waals surface area contributed by atoms with Crippen molar-refractivity contribution in [2.75, 3.05) is 0 Å². The first kappa shape index (κ1) is 21.5. The molecule has 0 aliphatic carbocycles. The number of nitrogens with zero attached hydrogens (tertiary/aromatic N) is 1. The van der Waals surface area contributed by atoms with Crippen LogP contribution in [0.4, 0.5) is 0 Å². The Kier molecular flexibility index (Phi) is 7.49. The van der Waals surface area contributed by atoms with Crippen molar-refractivity contribution >= 4 is 34.3 Å². The third-order valence-electron chi connectivity index (χ3n) is 5.06. The molecule has 2 aromatic rings. The third-order valence-corrected chi connectivity index (χ3v) is 5.30. The third kappa shape index (κ3) is 5.58.